The van der Waals surface area contributed by atoms with Gasteiger partial charge in [-0.3, -0.25) is 0 Å². The number of aliphatic hydroxyl groups is 1. The number of nitrogens with two attached hydrogens (primary N) is 2. The van der Waals surface area contributed by atoms with Gasteiger partial charge in [-0.25, -0.2) is 0 Å². The first-order valence-corrected chi connectivity index (χ1v) is 4.04. The van der Waals surface area contributed by atoms with Crippen LogP contribution in [0.15, 0.2) is 12.1 Å². The summed E-state index contributed by atoms with van der Waals surface area (Å²) >= 11 is 0. The molecule has 0 aliphatic carbocycles. The summed E-state index contributed by atoms with van der Waals surface area (Å²) in [7, 11) is 0. The minimum Gasteiger partial charge on any atom is -0.491 e. The lowest BCUT2D eigenvalue weighted by molar-refractivity contribution is 0.201. The van der Waals surface area contributed by atoms with Gasteiger partial charge >= 0.3 is 0 Å². The maximum atomic E-state index is 8.54. The van der Waals surface area contributed by atoms with Gasteiger partial charge in [0.05, 0.1) is 18.0 Å². The summed E-state index contributed by atoms with van der Waals surface area (Å²) in [5.41, 5.74) is 13.2. The quantitative estimate of drug-likeness (QED) is 0.595. The average molecular weight is 182 g/mol. The Morgan fingerprint density at radius 2 is 2.08 bits per heavy atom. The van der Waals surface area contributed by atoms with Crippen LogP contribution in [0.3, 0.4) is 0 Å². The molecule has 1 rings (SSSR count). The van der Waals surface area contributed by atoms with Gasteiger partial charge in [-0.15, -0.1) is 0 Å². The van der Waals surface area contributed by atoms with Crippen LogP contribution in [0.1, 0.15) is 5.56 Å². The molecule has 72 valence electrons. The number of hydrogen-bond acceptors (Lipinski definition) is 4. The summed E-state index contributed by atoms with van der Waals surface area (Å²) in [5.74, 6) is 0.637. The summed E-state index contributed by atoms with van der Waals surface area (Å²) in [6.45, 7) is 2.11. The fourth-order valence-corrected chi connectivity index (χ4v) is 1.04. The van der Waals surface area contributed by atoms with E-state index in [1.165, 1.54) is 0 Å². The minimum atomic E-state index is -0.0106. The van der Waals surface area contributed by atoms with Gasteiger partial charge in [-0.2, -0.15) is 0 Å². The number of aliphatic hydroxyl groups excluding tert-OH is 1. The van der Waals surface area contributed by atoms with Crippen LogP contribution in [0.2, 0.25) is 0 Å². The van der Waals surface area contributed by atoms with Crippen molar-refractivity contribution in [3.05, 3.63) is 17.7 Å². The normalized spacial score (nSPS) is 10.0. The summed E-state index contributed by atoms with van der Waals surface area (Å²) in [6.07, 6.45) is 0. The van der Waals surface area contributed by atoms with E-state index in [2.05, 4.69) is 0 Å². The number of anilines is 2. The largest absolute Gasteiger partial charge is 0.491 e. The van der Waals surface area contributed by atoms with Crippen LogP contribution in [0.4, 0.5) is 11.4 Å². The van der Waals surface area contributed by atoms with E-state index in [1.54, 1.807) is 12.1 Å². The SMILES string of the molecule is Cc1cc(OCCO)cc(N)c1N. The molecule has 0 aliphatic rings. The summed E-state index contributed by atoms with van der Waals surface area (Å²) < 4.78 is 5.19. The van der Waals surface area contributed by atoms with Crippen LogP contribution in [0.5, 0.6) is 5.75 Å². The Kier molecular flexibility index (Phi) is 2.97. The molecule has 13 heavy (non-hydrogen) atoms. The van der Waals surface area contributed by atoms with Crippen molar-refractivity contribution < 1.29 is 9.84 Å². The van der Waals surface area contributed by atoms with Gasteiger partial charge in [0.25, 0.3) is 0 Å². The molecule has 0 bridgehead atoms. The van der Waals surface area contributed by atoms with Gasteiger partial charge in [0.1, 0.15) is 12.4 Å². The molecule has 0 aliphatic heterocycles. The van der Waals surface area contributed by atoms with E-state index in [4.69, 9.17) is 21.3 Å². The fourth-order valence-electron chi connectivity index (χ4n) is 1.04. The van der Waals surface area contributed by atoms with Gasteiger partial charge in [0.15, 0.2) is 0 Å². The van der Waals surface area contributed by atoms with E-state index >= 15 is 0 Å². The monoisotopic (exact) mass is 182 g/mol. The molecule has 1 aromatic carbocycles. The molecule has 0 heterocycles. The van der Waals surface area contributed by atoms with Crippen molar-refractivity contribution in [1.82, 2.24) is 0 Å². The standard InChI is InChI=1S/C9H14N2O2/c1-6-4-7(13-3-2-12)5-8(10)9(6)11/h4-5,12H,2-3,10-11H2,1H3. The Labute approximate surface area is 77.1 Å². The van der Waals surface area contributed by atoms with Crippen molar-refractivity contribution in [2.45, 2.75) is 6.92 Å². The highest BCUT2D eigenvalue weighted by molar-refractivity contribution is 5.69. The Balaban J connectivity index is 2.86. The Bertz CT molecular complexity index is 277. The van der Waals surface area contributed by atoms with Gasteiger partial charge in [-0.1, -0.05) is 0 Å². The van der Waals surface area contributed by atoms with E-state index in [1.807, 2.05) is 6.92 Å². The first-order valence-electron chi connectivity index (χ1n) is 4.04. The molecule has 0 saturated heterocycles. The molecule has 0 amide bonds. The van der Waals surface area contributed by atoms with Crippen LogP contribution < -0.4 is 16.2 Å². The first-order chi connectivity index (χ1) is 6.15. The maximum absolute atomic E-state index is 8.54. The van der Waals surface area contributed by atoms with Gasteiger partial charge in [-0.05, 0) is 18.6 Å². The van der Waals surface area contributed by atoms with Crippen molar-refractivity contribution in [3.8, 4) is 5.75 Å². The molecule has 4 nitrogen and oxygen atoms in total. The molecule has 0 spiro atoms. The van der Waals surface area contributed by atoms with E-state index in [-0.39, 0.29) is 13.2 Å². The molecule has 0 radical (unpaired) electrons. The van der Waals surface area contributed by atoms with Gasteiger partial charge in [0, 0.05) is 6.07 Å². The van der Waals surface area contributed by atoms with Crippen LogP contribution in [-0.2, 0) is 0 Å². The zero-order chi connectivity index (χ0) is 9.84. The van der Waals surface area contributed by atoms with E-state index in [0.717, 1.165) is 5.56 Å². The summed E-state index contributed by atoms with van der Waals surface area (Å²) in [4.78, 5) is 0. The molecule has 0 unspecified atom stereocenters. The topological polar surface area (TPSA) is 81.5 Å². The van der Waals surface area contributed by atoms with Crippen LogP contribution in [-0.4, -0.2) is 18.3 Å². The number of ether oxygens (including phenoxy) is 1. The smallest absolute Gasteiger partial charge is 0.121 e. The second kappa shape index (κ2) is 4.00. The third kappa shape index (κ3) is 2.26. The van der Waals surface area contributed by atoms with E-state index in [0.29, 0.717) is 17.1 Å². The molecule has 0 fully saturated rings. The summed E-state index contributed by atoms with van der Waals surface area (Å²) in [5, 5.41) is 8.54. The number of rotatable bonds is 3. The Morgan fingerprint density at radius 1 is 1.38 bits per heavy atom. The molecular weight excluding hydrogens is 168 g/mol. The van der Waals surface area contributed by atoms with Crippen molar-refractivity contribution in [2.75, 3.05) is 24.7 Å². The fraction of sp³-hybridized carbons (Fsp3) is 0.333. The summed E-state index contributed by atoms with van der Waals surface area (Å²) in [6, 6.07) is 3.44. The Morgan fingerprint density at radius 3 is 2.62 bits per heavy atom. The average Bonchev–Trinajstić information content (AvgIpc) is 2.10. The van der Waals surface area contributed by atoms with Crippen LogP contribution in [0.25, 0.3) is 0 Å². The Hall–Kier alpha value is -1.42. The maximum Gasteiger partial charge on any atom is 0.121 e. The number of hydrogen-bond donors (Lipinski definition) is 3. The second-order valence-electron chi connectivity index (χ2n) is 2.82. The van der Waals surface area contributed by atoms with E-state index in [9.17, 15) is 0 Å². The lowest BCUT2D eigenvalue weighted by Crippen LogP contribution is -2.04. The molecule has 5 N–H and O–H groups in total. The molecule has 4 heteroatoms. The zero-order valence-electron chi connectivity index (χ0n) is 7.58. The van der Waals surface area contributed by atoms with Crippen molar-refractivity contribution in [2.24, 2.45) is 0 Å². The second-order valence-corrected chi connectivity index (χ2v) is 2.82. The van der Waals surface area contributed by atoms with Crippen molar-refractivity contribution in [1.29, 1.82) is 0 Å². The predicted molar refractivity (Wildman–Crippen MR) is 52.6 cm³/mol. The molecular formula is C9H14N2O2. The van der Waals surface area contributed by atoms with Gasteiger partial charge in [0.2, 0.25) is 0 Å². The highest BCUT2D eigenvalue weighted by atomic mass is 16.5. The lowest BCUT2D eigenvalue weighted by atomic mass is 10.1. The highest BCUT2D eigenvalue weighted by Gasteiger charge is 2.02. The first kappa shape index (κ1) is 9.67. The number of aryl methyl sites for hydroxylation is 1. The van der Waals surface area contributed by atoms with Crippen molar-refractivity contribution in [3.63, 3.8) is 0 Å². The molecule has 0 aromatic heterocycles. The minimum absolute atomic E-state index is 0.0106. The van der Waals surface area contributed by atoms with Gasteiger partial charge < -0.3 is 21.3 Å². The highest BCUT2D eigenvalue weighted by Crippen LogP contribution is 2.25. The van der Waals surface area contributed by atoms with E-state index < -0.39 is 0 Å². The zero-order valence-corrected chi connectivity index (χ0v) is 7.58. The predicted octanol–water partition coefficient (Wildman–Crippen LogP) is 0.531. The molecule has 0 saturated carbocycles. The van der Waals surface area contributed by atoms with Crippen LogP contribution in [0, 0.1) is 6.92 Å². The third-order valence-corrected chi connectivity index (χ3v) is 1.75. The third-order valence-electron chi connectivity index (χ3n) is 1.75. The molecule has 0 atom stereocenters. The molecule has 1 aromatic rings. The number of benzene rings is 1. The number of nitrogen functional groups attached to an aromatic ring is 2. The van der Waals surface area contributed by atoms with Crippen LogP contribution >= 0.6 is 0 Å². The lowest BCUT2D eigenvalue weighted by Gasteiger charge is -2.09. The van der Waals surface area contributed by atoms with Crippen molar-refractivity contribution >= 4 is 11.4 Å².